The standard InChI is InChI=1S/C38H47ClFN3O6/c1-41-14-3-2-6-33(48-16-15-42-21-29(40)22-42)30-10-7-26(30)20-43-23-37(13-4-5-25-17-28(39)9-11-31(25)37)24-49-34-12-8-27(18-32(34)43)38(47,36(45)46)19-35(41)44/h2,6,8-9,11-12,17-18,26,29-30,33,47H,3-5,7,10,13-16,19-24H2,1H3,(H,45,46)/b6-2+/t26-,30+,33-,37-,38+/m0/s1. The van der Waals surface area contributed by atoms with E-state index in [-0.39, 0.29) is 23.0 Å². The topological polar surface area (TPSA) is 103 Å². The maximum Gasteiger partial charge on any atom is 0.340 e. The summed E-state index contributed by atoms with van der Waals surface area (Å²) in [6.07, 6.45) is 8.17. The Kier molecular flexibility index (Phi) is 9.69. The molecule has 0 radical (unpaired) electrons. The number of halogens is 2. The molecule has 11 heteroatoms. The summed E-state index contributed by atoms with van der Waals surface area (Å²) >= 11 is 6.44. The highest BCUT2D eigenvalue weighted by Gasteiger charge is 2.46. The van der Waals surface area contributed by atoms with Crippen molar-refractivity contribution in [3.8, 4) is 5.75 Å². The molecule has 2 aromatic rings. The van der Waals surface area contributed by atoms with E-state index in [2.05, 4.69) is 28.0 Å². The van der Waals surface area contributed by atoms with Crippen LogP contribution in [-0.4, -0.2) is 104 Å². The maximum atomic E-state index is 13.4. The number of likely N-dealkylation sites (tertiary alicyclic amines) is 1. The quantitative estimate of drug-likeness (QED) is 0.424. The van der Waals surface area contributed by atoms with Crippen molar-refractivity contribution in [2.75, 3.05) is 64.4 Å². The first-order valence-electron chi connectivity index (χ1n) is 17.7. The molecule has 2 aromatic carbocycles. The van der Waals surface area contributed by atoms with Gasteiger partial charge < -0.3 is 29.5 Å². The second kappa shape index (κ2) is 13.9. The van der Waals surface area contributed by atoms with E-state index in [0.717, 1.165) is 37.8 Å². The normalized spacial score (nSPS) is 31.5. The molecule has 0 aromatic heterocycles. The van der Waals surface area contributed by atoms with Gasteiger partial charge in [-0.05, 0) is 91.3 Å². The summed E-state index contributed by atoms with van der Waals surface area (Å²) in [6, 6.07) is 11.2. The fraction of sp³-hybridized carbons (Fsp3) is 0.579. The van der Waals surface area contributed by atoms with Crippen LogP contribution in [0.3, 0.4) is 0 Å². The molecule has 2 N–H and O–H groups in total. The number of hydrogen-bond acceptors (Lipinski definition) is 7. The Bertz CT molecular complexity index is 1600. The number of carbonyl (C=O) groups excluding carboxylic acids is 1. The maximum absolute atomic E-state index is 13.4. The molecule has 3 aliphatic heterocycles. The molecule has 1 spiro atoms. The molecule has 264 valence electrons. The van der Waals surface area contributed by atoms with Crippen molar-refractivity contribution in [1.29, 1.82) is 0 Å². The molecule has 1 saturated carbocycles. The lowest BCUT2D eigenvalue weighted by atomic mass is 9.68. The highest BCUT2D eigenvalue weighted by atomic mass is 35.5. The highest BCUT2D eigenvalue weighted by Crippen LogP contribution is 2.48. The second-order valence-electron chi connectivity index (χ2n) is 14.9. The van der Waals surface area contributed by atoms with Crippen molar-refractivity contribution in [3.63, 3.8) is 0 Å². The van der Waals surface area contributed by atoms with Crippen molar-refractivity contribution < 1.29 is 33.7 Å². The summed E-state index contributed by atoms with van der Waals surface area (Å²) in [7, 11) is 1.63. The third-order valence-electron chi connectivity index (χ3n) is 11.6. The fourth-order valence-corrected chi connectivity index (χ4v) is 8.71. The lowest BCUT2D eigenvalue weighted by Crippen LogP contribution is -2.51. The summed E-state index contributed by atoms with van der Waals surface area (Å²) in [5.74, 6) is -0.746. The number of benzene rings is 2. The molecule has 7 rings (SSSR count). The molecule has 49 heavy (non-hydrogen) atoms. The van der Waals surface area contributed by atoms with Crippen molar-refractivity contribution in [3.05, 3.63) is 70.3 Å². The minimum Gasteiger partial charge on any atom is -0.490 e. The van der Waals surface area contributed by atoms with E-state index in [0.29, 0.717) is 75.6 Å². The molecule has 3 heterocycles. The van der Waals surface area contributed by atoms with Gasteiger partial charge in [0.1, 0.15) is 11.9 Å². The molecule has 1 saturated heterocycles. The molecule has 2 fully saturated rings. The molecule has 0 unspecified atom stereocenters. The van der Waals surface area contributed by atoms with Crippen LogP contribution in [0.25, 0.3) is 0 Å². The minimum absolute atomic E-state index is 0.118. The largest absolute Gasteiger partial charge is 0.490 e. The van der Waals surface area contributed by atoms with Crippen molar-refractivity contribution >= 4 is 29.2 Å². The van der Waals surface area contributed by atoms with Crippen LogP contribution in [0.15, 0.2) is 48.6 Å². The molecule has 2 bridgehead atoms. The first-order chi connectivity index (χ1) is 23.5. The number of carboxylic acids is 1. The number of aliphatic carboxylic acids is 1. The van der Waals surface area contributed by atoms with Crippen LogP contribution in [-0.2, 0) is 31.8 Å². The van der Waals surface area contributed by atoms with Gasteiger partial charge in [-0.25, -0.2) is 9.18 Å². The lowest BCUT2D eigenvalue weighted by Gasteiger charge is -2.46. The number of hydrogen-bond donors (Lipinski definition) is 2. The van der Waals surface area contributed by atoms with E-state index in [4.69, 9.17) is 21.1 Å². The van der Waals surface area contributed by atoms with Crippen molar-refractivity contribution in [1.82, 2.24) is 9.80 Å². The number of alkyl halides is 1. The number of carbonyl (C=O) groups is 2. The van der Waals surface area contributed by atoms with Gasteiger partial charge in [-0.2, -0.15) is 0 Å². The summed E-state index contributed by atoms with van der Waals surface area (Å²) in [6.45, 7) is 4.31. The first kappa shape index (κ1) is 34.3. The van der Waals surface area contributed by atoms with Crippen molar-refractivity contribution in [2.24, 2.45) is 11.8 Å². The van der Waals surface area contributed by atoms with Crippen LogP contribution in [0.5, 0.6) is 5.75 Å². The number of fused-ring (bicyclic) bond motifs is 4. The fourth-order valence-electron chi connectivity index (χ4n) is 8.52. The van der Waals surface area contributed by atoms with Crippen LogP contribution in [0.1, 0.15) is 55.2 Å². The Balaban J connectivity index is 1.26. The molecule has 5 aliphatic rings. The molecule has 9 nitrogen and oxygen atoms in total. The summed E-state index contributed by atoms with van der Waals surface area (Å²) in [4.78, 5) is 31.9. The first-order valence-corrected chi connectivity index (χ1v) is 18.1. The number of rotatable bonds is 5. The number of anilines is 1. The van der Waals surface area contributed by atoms with Gasteiger partial charge in [-0.3, -0.25) is 9.69 Å². The number of nitrogens with zero attached hydrogens (tertiary/aromatic N) is 3. The van der Waals surface area contributed by atoms with Crippen LogP contribution < -0.4 is 9.64 Å². The number of ether oxygens (including phenoxy) is 2. The average Bonchev–Trinajstić information content (AvgIpc) is 3.20. The van der Waals surface area contributed by atoms with Gasteiger partial charge in [0.2, 0.25) is 5.91 Å². The number of amides is 1. The summed E-state index contributed by atoms with van der Waals surface area (Å²) in [5.41, 5.74) is 0.609. The van der Waals surface area contributed by atoms with Gasteiger partial charge in [0.05, 0.1) is 31.4 Å². The van der Waals surface area contributed by atoms with Gasteiger partial charge in [0, 0.05) is 56.8 Å². The minimum atomic E-state index is -2.41. The van der Waals surface area contributed by atoms with Gasteiger partial charge >= 0.3 is 5.97 Å². The zero-order chi connectivity index (χ0) is 34.3. The zero-order valence-electron chi connectivity index (χ0n) is 28.2. The van der Waals surface area contributed by atoms with E-state index in [1.807, 2.05) is 12.1 Å². The molecule has 5 atom stereocenters. The van der Waals surface area contributed by atoms with Crippen LogP contribution in [0, 0.1) is 11.8 Å². The Labute approximate surface area is 292 Å². The number of aryl methyl sites for hydroxylation is 1. The Morgan fingerprint density at radius 3 is 2.76 bits per heavy atom. The van der Waals surface area contributed by atoms with E-state index in [9.17, 15) is 24.2 Å². The second-order valence-corrected chi connectivity index (χ2v) is 15.3. The Morgan fingerprint density at radius 2 is 2.00 bits per heavy atom. The number of aliphatic hydroxyl groups is 1. The highest BCUT2D eigenvalue weighted by molar-refractivity contribution is 6.30. The van der Waals surface area contributed by atoms with E-state index in [1.165, 1.54) is 16.0 Å². The molecule has 2 aliphatic carbocycles. The smallest absolute Gasteiger partial charge is 0.340 e. The van der Waals surface area contributed by atoms with E-state index in [1.54, 1.807) is 25.2 Å². The third-order valence-corrected chi connectivity index (χ3v) is 11.9. The molecule has 1 amide bonds. The van der Waals surface area contributed by atoms with Crippen LogP contribution in [0.4, 0.5) is 10.1 Å². The van der Waals surface area contributed by atoms with Gasteiger partial charge in [-0.15, -0.1) is 0 Å². The monoisotopic (exact) mass is 695 g/mol. The molecular weight excluding hydrogens is 649 g/mol. The van der Waals surface area contributed by atoms with E-state index < -0.39 is 30.1 Å². The van der Waals surface area contributed by atoms with Crippen molar-refractivity contribution in [2.45, 2.75) is 68.2 Å². The Hall–Kier alpha value is -3.18. The lowest BCUT2D eigenvalue weighted by molar-refractivity contribution is -0.164. The van der Waals surface area contributed by atoms with Gasteiger partial charge in [0.25, 0.3) is 0 Å². The summed E-state index contributed by atoms with van der Waals surface area (Å²) in [5, 5.41) is 22.7. The van der Waals surface area contributed by atoms with Crippen LogP contribution in [0.2, 0.25) is 5.02 Å². The Morgan fingerprint density at radius 1 is 1.16 bits per heavy atom. The molecular formula is C38H47ClFN3O6. The van der Waals surface area contributed by atoms with Gasteiger partial charge in [-0.1, -0.05) is 35.9 Å². The van der Waals surface area contributed by atoms with Crippen LogP contribution >= 0.6 is 11.6 Å². The van der Waals surface area contributed by atoms with E-state index >= 15 is 0 Å². The summed E-state index contributed by atoms with van der Waals surface area (Å²) < 4.78 is 26.6. The SMILES string of the molecule is CN1CC/C=C/[C@H](OCCN2CC(F)C2)[C@@H]2CC[C@H]2CN2C[C@@]3(CCCc4cc(Cl)ccc43)COc3ccc(cc32)[C@@](O)(C(=O)O)CC1=O. The number of carboxylic acid groups (broad SMARTS) is 1. The predicted molar refractivity (Wildman–Crippen MR) is 185 cm³/mol. The third kappa shape index (κ3) is 6.81. The predicted octanol–water partition coefficient (Wildman–Crippen LogP) is 4.96. The van der Waals surface area contributed by atoms with Gasteiger partial charge in [0.15, 0.2) is 5.60 Å². The zero-order valence-corrected chi connectivity index (χ0v) is 28.9. The average molecular weight is 696 g/mol.